The van der Waals surface area contributed by atoms with Crippen LogP contribution in [0.15, 0.2) is 47.1 Å². The second-order valence-electron chi connectivity index (χ2n) is 4.19. The predicted octanol–water partition coefficient (Wildman–Crippen LogP) is 2.63. The fourth-order valence-electron chi connectivity index (χ4n) is 1.88. The molecule has 3 nitrogen and oxygen atoms in total. The van der Waals surface area contributed by atoms with Crippen molar-refractivity contribution in [3.63, 3.8) is 0 Å². The van der Waals surface area contributed by atoms with E-state index in [1.165, 1.54) is 0 Å². The van der Waals surface area contributed by atoms with Gasteiger partial charge in [0.1, 0.15) is 18.1 Å². The maximum absolute atomic E-state index is 5.77. The molecule has 0 amide bonds. The molecule has 0 N–H and O–H groups in total. The van der Waals surface area contributed by atoms with Gasteiger partial charge in [-0.25, -0.2) is 9.55 Å². The molecule has 0 radical (unpaired) electrons. The fourth-order valence-corrected chi connectivity index (χ4v) is 1.88. The van der Waals surface area contributed by atoms with Crippen molar-refractivity contribution in [2.45, 2.75) is 6.92 Å². The minimum atomic E-state index is 0.680. The maximum atomic E-state index is 5.77. The summed E-state index contributed by atoms with van der Waals surface area (Å²) in [6.45, 7) is 2.06. The number of hydrogen-bond donors (Lipinski definition) is 0. The quantitative estimate of drug-likeness (QED) is 0.596. The second-order valence-corrected chi connectivity index (χ2v) is 4.19. The summed E-state index contributed by atoms with van der Waals surface area (Å²) in [6.07, 6.45) is 4.04. The average Bonchev–Trinajstić information content (AvgIpc) is 2.75. The van der Waals surface area contributed by atoms with Crippen molar-refractivity contribution in [2.24, 2.45) is 7.05 Å². The van der Waals surface area contributed by atoms with Crippen LogP contribution in [-0.2, 0) is 7.05 Å². The number of hydrogen-bond acceptors (Lipinski definition) is 2. The molecule has 0 aliphatic rings. The van der Waals surface area contributed by atoms with E-state index in [9.17, 15) is 0 Å². The molecule has 0 spiro atoms. The van der Waals surface area contributed by atoms with Gasteiger partial charge < -0.3 is 4.42 Å². The normalized spacial score (nSPS) is 10.9. The number of fused-ring (bicyclic) bond motifs is 1. The Bertz CT molecular complexity index is 653. The van der Waals surface area contributed by atoms with E-state index < -0.39 is 0 Å². The Morgan fingerprint density at radius 2 is 2.00 bits per heavy atom. The minimum absolute atomic E-state index is 0.680. The SMILES string of the molecule is Cc1cc[n+](C)cc1-c1nc2ccccc2o1. The van der Waals surface area contributed by atoms with Gasteiger partial charge in [-0.05, 0) is 24.6 Å². The summed E-state index contributed by atoms with van der Waals surface area (Å²) in [5.74, 6) is 0.680. The van der Waals surface area contributed by atoms with Gasteiger partial charge in [0.15, 0.2) is 18.0 Å². The highest BCUT2D eigenvalue weighted by Gasteiger charge is 2.13. The number of rotatable bonds is 1. The van der Waals surface area contributed by atoms with E-state index in [0.717, 1.165) is 22.2 Å². The lowest BCUT2D eigenvalue weighted by Crippen LogP contribution is -2.26. The maximum Gasteiger partial charge on any atom is 0.233 e. The van der Waals surface area contributed by atoms with Gasteiger partial charge in [0.05, 0.1) is 0 Å². The summed E-state index contributed by atoms with van der Waals surface area (Å²) in [5, 5.41) is 0. The van der Waals surface area contributed by atoms with Crippen molar-refractivity contribution in [1.29, 1.82) is 0 Å². The van der Waals surface area contributed by atoms with Gasteiger partial charge in [-0.1, -0.05) is 12.1 Å². The van der Waals surface area contributed by atoms with Crippen LogP contribution >= 0.6 is 0 Å². The number of pyridine rings is 1. The molecule has 3 heteroatoms. The van der Waals surface area contributed by atoms with Crippen molar-refractivity contribution < 1.29 is 8.98 Å². The molecule has 0 aliphatic heterocycles. The average molecular weight is 225 g/mol. The first-order valence-electron chi connectivity index (χ1n) is 5.56. The third-order valence-corrected chi connectivity index (χ3v) is 2.84. The predicted molar refractivity (Wildman–Crippen MR) is 65.4 cm³/mol. The highest BCUT2D eigenvalue weighted by atomic mass is 16.3. The first-order valence-corrected chi connectivity index (χ1v) is 5.56. The Morgan fingerprint density at radius 3 is 2.82 bits per heavy atom. The van der Waals surface area contributed by atoms with Gasteiger partial charge in [0.25, 0.3) is 0 Å². The summed E-state index contributed by atoms with van der Waals surface area (Å²) >= 11 is 0. The van der Waals surface area contributed by atoms with Crippen LogP contribution in [0.25, 0.3) is 22.6 Å². The number of benzene rings is 1. The van der Waals surface area contributed by atoms with Gasteiger partial charge in [-0.15, -0.1) is 0 Å². The molecule has 0 fully saturated rings. The van der Waals surface area contributed by atoms with Gasteiger partial charge in [0.2, 0.25) is 5.89 Å². The number of para-hydroxylation sites is 2. The number of oxazole rings is 1. The standard InChI is InChI=1S/C14H13N2O/c1-10-7-8-16(2)9-11(10)14-15-12-5-3-4-6-13(12)17-14/h3-9H,1-2H3/q+1. The van der Waals surface area contributed by atoms with E-state index in [1.807, 2.05) is 48.3 Å². The van der Waals surface area contributed by atoms with Crippen molar-refractivity contribution in [2.75, 3.05) is 0 Å². The van der Waals surface area contributed by atoms with Crippen LogP contribution in [0.1, 0.15) is 5.56 Å². The molecular weight excluding hydrogens is 212 g/mol. The summed E-state index contributed by atoms with van der Waals surface area (Å²) in [7, 11) is 1.99. The van der Waals surface area contributed by atoms with E-state index in [-0.39, 0.29) is 0 Å². The van der Waals surface area contributed by atoms with Crippen molar-refractivity contribution in [3.05, 3.63) is 48.3 Å². The molecule has 2 aromatic heterocycles. The third-order valence-electron chi connectivity index (χ3n) is 2.84. The fraction of sp³-hybridized carbons (Fsp3) is 0.143. The molecule has 0 unspecified atom stereocenters. The molecular formula is C14H13N2O+. The Labute approximate surface area is 99.3 Å². The number of aryl methyl sites for hydroxylation is 2. The lowest BCUT2D eigenvalue weighted by atomic mass is 10.1. The molecule has 0 saturated carbocycles. The highest BCUT2D eigenvalue weighted by Crippen LogP contribution is 2.25. The lowest BCUT2D eigenvalue weighted by Gasteiger charge is -1.97. The zero-order valence-electron chi connectivity index (χ0n) is 9.84. The second kappa shape index (κ2) is 3.70. The summed E-state index contributed by atoms with van der Waals surface area (Å²) in [6, 6.07) is 9.87. The molecule has 17 heavy (non-hydrogen) atoms. The van der Waals surface area contributed by atoms with Crippen molar-refractivity contribution >= 4 is 11.1 Å². The largest absolute Gasteiger partial charge is 0.436 e. The molecule has 1 aromatic carbocycles. The van der Waals surface area contributed by atoms with Crippen molar-refractivity contribution in [3.8, 4) is 11.5 Å². The van der Waals surface area contributed by atoms with Gasteiger partial charge >= 0.3 is 0 Å². The summed E-state index contributed by atoms with van der Waals surface area (Å²) in [5.41, 5.74) is 3.92. The first-order chi connectivity index (χ1) is 8.24. The van der Waals surface area contributed by atoms with Crippen LogP contribution in [0.4, 0.5) is 0 Å². The summed E-state index contributed by atoms with van der Waals surface area (Å²) < 4.78 is 7.76. The smallest absolute Gasteiger partial charge is 0.233 e. The van der Waals surface area contributed by atoms with Crippen LogP contribution in [0.2, 0.25) is 0 Å². The number of aromatic nitrogens is 2. The van der Waals surface area contributed by atoms with Crippen LogP contribution in [0.5, 0.6) is 0 Å². The minimum Gasteiger partial charge on any atom is -0.436 e. The molecule has 0 aliphatic carbocycles. The molecule has 2 heterocycles. The van der Waals surface area contributed by atoms with Gasteiger partial charge in [0, 0.05) is 6.07 Å². The Kier molecular flexibility index (Phi) is 2.18. The van der Waals surface area contributed by atoms with E-state index in [4.69, 9.17) is 4.42 Å². The molecule has 84 valence electrons. The van der Waals surface area contributed by atoms with Crippen LogP contribution < -0.4 is 4.57 Å². The van der Waals surface area contributed by atoms with E-state index in [0.29, 0.717) is 5.89 Å². The van der Waals surface area contributed by atoms with Gasteiger partial charge in [-0.2, -0.15) is 0 Å². The van der Waals surface area contributed by atoms with E-state index in [2.05, 4.69) is 18.0 Å². The van der Waals surface area contributed by atoms with Crippen molar-refractivity contribution in [1.82, 2.24) is 4.98 Å². The summed E-state index contributed by atoms with van der Waals surface area (Å²) in [4.78, 5) is 4.50. The lowest BCUT2D eigenvalue weighted by molar-refractivity contribution is -0.671. The number of nitrogens with zero attached hydrogens (tertiary/aromatic N) is 2. The Balaban J connectivity index is 2.23. The molecule has 3 rings (SSSR count). The molecule has 0 atom stereocenters. The Hall–Kier alpha value is -2.16. The molecule has 0 saturated heterocycles. The molecule has 0 bridgehead atoms. The zero-order valence-corrected chi connectivity index (χ0v) is 9.84. The van der Waals surface area contributed by atoms with Crippen LogP contribution in [0.3, 0.4) is 0 Å². The zero-order chi connectivity index (χ0) is 11.8. The van der Waals surface area contributed by atoms with Gasteiger partial charge in [-0.3, -0.25) is 0 Å². The van der Waals surface area contributed by atoms with Crippen LogP contribution in [0, 0.1) is 6.92 Å². The highest BCUT2D eigenvalue weighted by molar-refractivity contribution is 5.76. The Morgan fingerprint density at radius 1 is 1.18 bits per heavy atom. The molecule has 3 aromatic rings. The van der Waals surface area contributed by atoms with Crippen LogP contribution in [-0.4, -0.2) is 4.98 Å². The van der Waals surface area contributed by atoms with E-state index >= 15 is 0 Å². The topological polar surface area (TPSA) is 29.9 Å². The van der Waals surface area contributed by atoms with E-state index in [1.54, 1.807) is 0 Å². The first kappa shape index (κ1) is 10.0. The third kappa shape index (κ3) is 1.69. The monoisotopic (exact) mass is 225 g/mol.